The number of esters is 3. The molecule has 0 aliphatic carbocycles. The second kappa shape index (κ2) is 26.3. The lowest BCUT2D eigenvalue weighted by Crippen LogP contribution is -2.59. The molecule has 0 saturated heterocycles. The second-order valence-electron chi connectivity index (χ2n) is 19.5. The van der Waals surface area contributed by atoms with E-state index < -0.39 is 115 Å². The summed E-state index contributed by atoms with van der Waals surface area (Å²) in [5.74, 6) is -6.65. The minimum Gasteiger partial charge on any atom is -0.466 e. The molecule has 62 heavy (non-hydrogen) atoms. The van der Waals surface area contributed by atoms with Crippen molar-refractivity contribution >= 4 is 77.4 Å². The van der Waals surface area contributed by atoms with E-state index in [1.54, 1.807) is 38.1 Å². The van der Waals surface area contributed by atoms with Crippen LogP contribution >= 0.6 is 0 Å². The average molecular weight is 924 g/mol. The van der Waals surface area contributed by atoms with Crippen LogP contribution < -0.4 is 26.6 Å². The Kier molecular flexibility index (Phi) is 23.6. The summed E-state index contributed by atoms with van der Waals surface area (Å²) in [4.78, 5) is 106. The van der Waals surface area contributed by atoms with Gasteiger partial charge in [-0.25, -0.2) is 0 Å². The number of carbonyl (C=O) groups is 8. The van der Waals surface area contributed by atoms with Gasteiger partial charge in [-0.05, 0) is 48.2 Å². The van der Waals surface area contributed by atoms with Gasteiger partial charge in [0.1, 0.15) is 24.2 Å². The Morgan fingerprint density at radius 3 is 1.40 bits per heavy atom. The van der Waals surface area contributed by atoms with Crippen LogP contribution in [0, 0.1) is 5.92 Å². The average Bonchev–Trinajstić information content (AvgIpc) is 3.13. The van der Waals surface area contributed by atoms with E-state index in [0.29, 0.717) is 29.4 Å². The van der Waals surface area contributed by atoms with Crippen molar-refractivity contribution in [1.29, 1.82) is 0 Å². The summed E-state index contributed by atoms with van der Waals surface area (Å²) in [6, 6.07) is 2.73. The molecule has 0 unspecified atom stereocenters. The summed E-state index contributed by atoms with van der Waals surface area (Å²) in [7, 11) is -4.65. The lowest BCUT2D eigenvalue weighted by molar-refractivity contribution is -0.146. The van der Waals surface area contributed by atoms with Crippen LogP contribution in [0.4, 0.5) is 5.69 Å². The third-order valence-corrected chi connectivity index (χ3v) is 14.4. The summed E-state index contributed by atoms with van der Waals surface area (Å²) >= 11 is 0. The quantitative estimate of drug-likeness (QED) is 0.0418. The van der Waals surface area contributed by atoms with Crippen LogP contribution in [-0.4, -0.2) is 121 Å². The Balaban J connectivity index is 3.39. The molecule has 0 bridgehead atoms. The highest BCUT2D eigenvalue weighted by molar-refractivity contribution is 6.76. The van der Waals surface area contributed by atoms with Crippen LogP contribution in [0.1, 0.15) is 52.0 Å². The first-order chi connectivity index (χ1) is 28.6. The normalized spacial score (nSPS) is 13.7. The van der Waals surface area contributed by atoms with Crippen LogP contribution in [0.3, 0.4) is 0 Å². The van der Waals surface area contributed by atoms with Crippen molar-refractivity contribution in [2.45, 2.75) is 154 Å². The van der Waals surface area contributed by atoms with Crippen LogP contribution in [0.5, 0.6) is 0 Å². The van der Waals surface area contributed by atoms with E-state index in [9.17, 15) is 43.5 Å². The van der Waals surface area contributed by atoms with Crippen molar-refractivity contribution in [1.82, 2.24) is 21.3 Å². The van der Waals surface area contributed by atoms with Gasteiger partial charge in [-0.1, -0.05) is 84.9 Å². The molecule has 20 heteroatoms. The molecule has 5 amide bonds. The molecule has 0 saturated carbocycles. The molecule has 6 N–H and O–H groups in total. The lowest BCUT2D eigenvalue weighted by atomic mass is 10.0. The highest BCUT2D eigenvalue weighted by atomic mass is 28.3. The van der Waals surface area contributed by atoms with Crippen molar-refractivity contribution < 1.29 is 57.7 Å². The van der Waals surface area contributed by atoms with Gasteiger partial charge in [0.05, 0.1) is 39.3 Å². The molecule has 4 atom stereocenters. The van der Waals surface area contributed by atoms with Gasteiger partial charge in [-0.3, -0.25) is 38.4 Å². The number of amides is 5. The second-order valence-corrected chi connectivity index (χ2v) is 36.4. The topological polar surface area (TPSA) is 245 Å². The van der Waals surface area contributed by atoms with Crippen LogP contribution in [0.15, 0.2) is 24.3 Å². The fourth-order valence-electron chi connectivity index (χ4n) is 5.38. The van der Waals surface area contributed by atoms with E-state index in [-0.39, 0.29) is 39.3 Å². The Bertz CT molecular complexity index is 1670. The Labute approximate surface area is 370 Å². The standard InChI is InChI=1S/C42H73N5O12Si3/c1-28(2)38(42(56)46-34(26-37(52)59-21-24-62(10,11)12)40(54)44-31-15-13-30(27-48)14-16-31)47-39(53)32(17-18-35(50)57-19-22-60(4,5)6)45-41(55)33(43-29(3)49)25-36(51)58-20-23-61(7,8)9/h13-16,28,32-34,38,48H,17-27H2,1-12H3,(H,43,49)(H,44,54)(H,45,55)(H,46,56)(H,47,53)/t32-,33-,34-,38-/m0/s1. The van der Waals surface area contributed by atoms with Crippen LogP contribution in [-0.2, 0) is 59.2 Å². The van der Waals surface area contributed by atoms with Gasteiger partial charge in [0, 0.05) is 43.3 Å². The van der Waals surface area contributed by atoms with E-state index in [4.69, 9.17) is 14.2 Å². The van der Waals surface area contributed by atoms with Crippen molar-refractivity contribution in [3.05, 3.63) is 29.8 Å². The first-order valence-corrected chi connectivity index (χ1v) is 32.4. The summed E-state index contributed by atoms with van der Waals surface area (Å²) in [5, 5.41) is 22.3. The Hall–Kier alpha value is -4.41. The van der Waals surface area contributed by atoms with Crippen LogP contribution in [0.2, 0.25) is 77.1 Å². The van der Waals surface area contributed by atoms with Crippen molar-refractivity contribution in [2.75, 3.05) is 25.1 Å². The predicted octanol–water partition coefficient (Wildman–Crippen LogP) is 3.94. The maximum atomic E-state index is 14.1. The highest BCUT2D eigenvalue weighted by Crippen LogP contribution is 2.15. The van der Waals surface area contributed by atoms with E-state index in [1.165, 1.54) is 0 Å². The molecular weight excluding hydrogens is 851 g/mol. The van der Waals surface area contributed by atoms with E-state index in [1.807, 2.05) is 0 Å². The summed E-state index contributed by atoms with van der Waals surface area (Å²) in [5.41, 5.74) is 0.936. The monoisotopic (exact) mass is 923 g/mol. The number of ether oxygens (including phenoxy) is 3. The molecule has 1 aromatic rings. The van der Waals surface area contributed by atoms with E-state index in [0.717, 1.165) is 6.92 Å². The fourth-order valence-corrected chi connectivity index (χ4v) is 7.52. The molecule has 0 spiro atoms. The smallest absolute Gasteiger partial charge is 0.308 e. The molecule has 350 valence electrons. The predicted molar refractivity (Wildman–Crippen MR) is 245 cm³/mol. The number of hydrogen-bond donors (Lipinski definition) is 6. The summed E-state index contributed by atoms with van der Waals surface area (Å²) in [6.45, 7) is 23.7. The SMILES string of the molecule is CC(=O)N[C@@H](CC(=O)OCC[Si](C)(C)C)C(=O)N[C@@H](CCC(=O)OCC[Si](C)(C)C)C(=O)N[C@H](C(=O)N[C@@H](CC(=O)OCC[Si](C)(C)C)C(=O)Nc1ccc(CO)cc1)C(C)C. The number of nitrogens with one attached hydrogen (secondary N) is 5. The molecule has 0 fully saturated rings. The maximum absolute atomic E-state index is 14.1. The van der Waals surface area contributed by atoms with Gasteiger partial charge in [-0.15, -0.1) is 0 Å². The number of hydrogen-bond acceptors (Lipinski definition) is 12. The molecule has 1 rings (SSSR count). The third kappa shape index (κ3) is 24.9. The fraction of sp³-hybridized carbons (Fsp3) is 0.667. The third-order valence-electron chi connectivity index (χ3n) is 9.33. The number of aliphatic hydroxyl groups is 1. The van der Waals surface area contributed by atoms with Gasteiger partial charge in [-0.2, -0.15) is 0 Å². The molecule has 0 aliphatic heterocycles. The molecule has 17 nitrogen and oxygen atoms in total. The van der Waals surface area contributed by atoms with E-state index >= 15 is 0 Å². The maximum Gasteiger partial charge on any atom is 0.308 e. The van der Waals surface area contributed by atoms with Crippen molar-refractivity contribution in [2.24, 2.45) is 5.92 Å². The van der Waals surface area contributed by atoms with E-state index in [2.05, 4.69) is 85.5 Å². The number of benzene rings is 1. The zero-order chi connectivity index (χ0) is 47.4. The molecular formula is C42H73N5O12Si3. The first kappa shape index (κ1) is 55.6. The minimum absolute atomic E-state index is 0.145. The zero-order valence-corrected chi connectivity index (χ0v) is 41.9. The Morgan fingerprint density at radius 1 is 0.565 bits per heavy atom. The number of aliphatic hydroxyl groups excluding tert-OH is 1. The molecule has 0 aromatic heterocycles. The van der Waals surface area contributed by atoms with Gasteiger partial charge in [0.2, 0.25) is 29.5 Å². The van der Waals surface area contributed by atoms with Gasteiger partial charge in [0.15, 0.2) is 0 Å². The summed E-state index contributed by atoms with van der Waals surface area (Å²) in [6.07, 6.45) is -1.63. The van der Waals surface area contributed by atoms with Gasteiger partial charge >= 0.3 is 17.9 Å². The minimum atomic E-state index is -1.56. The number of carbonyl (C=O) groups excluding carboxylic acids is 8. The molecule has 0 radical (unpaired) electrons. The van der Waals surface area contributed by atoms with Crippen molar-refractivity contribution in [3.8, 4) is 0 Å². The summed E-state index contributed by atoms with van der Waals surface area (Å²) < 4.78 is 16.2. The molecule has 0 aliphatic rings. The zero-order valence-electron chi connectivity index (χ0n) is 38.9. The highest BCUT2D eigenvalue weighted by Gasteiger charge is 2.35. The van der Waals surface area contributed by atoms with Gasteiger partial charge < -0.3 is 45.9 Å². The molecule has 0 heterocycles. The van der Waals surface area contributed by atoms with Gasteiger partial charge in [0.25, 0.3) is 0 Å². The molecule has 1 aromatic carbocycles. The largest absolute Gasteiger partial charge is 0.466 e. The van der Waals surface area contributed by atoms with Crippen LogP contribution in [0.25, 0.3) is 0 Å². The number of rotatable bonds is 27. The first-order valence-electron chi connectivity index (χ1n) is 21.2. The van der Waals surface area contributed by atoms with Crippen molar-refractivity contribution in [3.63, 3.8) is 0 Å². The number of anilines is 1. The lowest BCUT2D eigenvalue weighted by Gasteiger charge is -2.28. The Morgan fingerprint density at radius 2 is 0.984 bits per heavy atom.